The van der Waals surface area contributed by atoms with Gasteiger partial charge in [0.25, 0.3) is 0 Å². The molecule has 0 bridgehead atoms. The Kier molecular flexibility index (Phi) is 16.7. The number of benzene rings is 2. The van der Waals surface area contributed by atoms with Gasteiger partial charge in [-0.25, -0.2) is 16.8 Å². The Balaban J connectivity index is 1.50. The van der Waals surface area contributed by atoms with E-state index in [0.29, 0.717) is 64.0 Å². The predicted molar refractivity (Wildman–Crippen MR) is 243 cm³/mol. The minimum Gasteiger partial charge on any atom is -0.748 e. The van der Waals surface area contributed by atoms with Crippen molar-refractivity contribution in [2.45, 2.75) is 109 Å². The molecule has 3 N–H and O–H groups in total. The van der Waals surface area contributed by atoms with Gasteiger partial charge in [-0.1, -0.05) is 68.8 Å². The first-order chi connectivity index (χ1) is 28.4. The number of nitrogens with one attached hydrogen (secondary N) is 1. The van der Waals surface area contributed by atoms with Gasteiger partial charge < -0.3 is 25.1 Å². The van der Waals surface area contributed by atoms with Gasteiger partial charge in [-0.3, -0.25) is 4.79 Å². The van der Waals surface area contributed by atoms with E-state index in [9.17, 15) is 30.7 Å². The third-order valence-corrected chi connectivity index (χ3v) is 14.6. The van der Waals surface area contributed by atoms with Crippen molar-refractivity contribution in [2.24, 2.45) is 5.73 Å². The fourth-order valence-corrected chi connectivity index (χ4v) is 11.0. The van der Waals surface area contributed by atoms with Crippen molar-refractivity contribution in [3.8, 4) is 0 Å². The van der Waals surface area contributed by atoms with Gasteiger partial charge in [0.2, 0.25) is 11.6 Å². The summed E-state index contributed by atoms with van der Waals surface area (Å²) in [7, 11) is -8.58. The van der Waals surface area contributed by atoms with Crippen molar-refractivity contribution >= 4 is 55.0 Å². The number of thioether (sulfide) groups is 1. The number of para-hydroxylation sites is 2. The standard InChI is InChI=1S/C46H64N4O7S3/c1-45(2)37-19-6-8-21-39(37)49(30-12-14-33-59(52,53)54)41(45)25-23-35-17-16-18-36(44(35)58-32-27-43(51)48-29-11-5-10-28-47)24-26-42-46(3,4)38-20-7-9-22-40(38)50(42)31-13-15-34-60(55,56)57/h6-9,19-26H,5,10-18,27-34,47H2,1-4H3,(H2-,48,51,52,53,54,55,56,57)/p-1. The van der Waals surface area contributed by atoms with Crippen molar-refractivity contribution in [3.63, 3.8) is 0 Å². The van der Waals surface area contributed by atoms with Crippen molar-refractivity contribution < 1.29 is 35.3 Å². The number of rotatable bonds is 22. The van der Waals surface area contributed by atoms with Gasteiger partial charge in [-0.2, -0.15) is 4.58 Å². The summed E-state index contributed by atoms with van der Waals surface area (Å²) in [6.07, 6.45) is 16.5. The zero-order valence-electron chi connectivity index (χ0n) is 35.7. The van der Waals surface area contributed by atoms with Crippen LogP contribution in [-0.4, -0.2) is 85.6 Å². The van der Waals surface area contributed by atoms with Crippen LogP contribution in [0.4, 0.5) is 11.4 Å². The van der Waals surface area contributed by atoms with Crippen LogP contribution in [0.5, 0.6) is 0 Å². The lowest BCUT2D eigenvalue weighted by molar-refractivity contribution is -0.438. The highest BCUT2D eigenvalue weighted by atomic mass is 32.2. The smallest absolute Gasteiger partial charge is 0.220 e. The van der Waals surface area contributed by atoms with Crippen LogP contribution in [0, 0.1) is 0 Å². The number of anilines is 1. The van der Waals surface area contributed by atoms with Gasteiger partial charge >= 0.3 is 0 Å². The number of nitrogens with zero attached hydrogens (tertiary/aromatic N) is 2. The Bertz CT molecular complexity index is 2240. The fourth-order valence-electron chi connectivity index (χ4n) is 8.63. The number of amides is 1. The van der Waals surface area contributed by atoms with Crippen LogP contribution in [0.1, 0.15) is 109 Å². The maximum Gasteiger partial charge on any atom is 0.220 e. The lowest BCUT2D eigenvalue weighted by atomic mass is 9.81. The first kappa shape index (κ1) is 47.5. The molecular weight excluding hydrogens is 817 g/mol. The van der Waals surface area contributed by atoms with E-state index in [1.807, 2.05) is 24.3 Å². The number of allylic oxidation sites excluding steroid dienone is 7. The topological polar surface area (TPSA) is 176 Å². The van der Waals surface area contributed by atoms with Gasteiger partial charge in [0.15, 0.2) is 5.71 Å². The van der Waals surface area contributed by atoms with Crippen LogP contribution in [0.15, 0.2) is 94.6 Å². The van der Waals surface area contributed by atoms with E-state index in [-0.39, 0.29) is 28.2 Å². The highest BCUT2D eigenvalue weighted by Crippen LogP contribution is 2.48. The second-order valence-corrected chi connectivity index (χ2v) is 21.1. The third kappa shape index (κ3) is 12.5. The third-order valence-electron chi connectivity index (χ3n) is 11.8. The summed E-state index contributed by atoms with van der Waals surface area (Å²) in [4.78, 5) is 16.3. The van der Waals surface area contributed by atoms with Crippen molar-refractivity contribution in [2.75, 3.05) is 48.3 Å². The molecule has 14 heteroatoms. The van der Waals surface area contributed by atoms with Crippen LogP contribution >= 0.6 is 11.8 Å². The zero-order chi connectivity index (χ0) is 43.6. The molecule has 3 aliphatic rings. The number of carbonyl (C=O) groups excluding carboxylic acids is 1. The number of unbranched alkanes of at least 4 members (excludes halogenated alkanes) is 4. The largest absolute Gasteiger partial charge is 0.748 e. The van der Waals surface area contributed by atoms with Crippen molar-refractivity contribution in [1.82, 2.24) is 5.32 Å². The average molecular weight is 880 g/mol. The van der Waals surface area contributed by atoms with E-state index < -0.39 is 20.2 Å². The minimum absolute atomic E-state index is 0.0312. The van der Waals surface area contributed by atoms with E-state index in [0.717, 1.165) is 66.2 Å². The number of hydrogen-bond acceptors (Lipinski definition) is 10. The van der Waals surface area contributed by atoms with Crippen molar-refractivity contribution in [3.05, 3.63) is 106 Å². The molecule has 11 nitrogen and oxygen atoms in total. The molecule has 2 aromatic rings. The number of carbonyl (C=O) groups is 1. The molecule has 0 radical (unpaired) electrons. The molecule has 0 unspecified atom stereocenters. The lowest BCUT2D eigenvalue weighted by Crippen LogP contribution is -2.28. The number of nitrogens with two attached hydrogens (primary N) is 1. The molecule has 2 heterocycles. The number of fused-ring (bicyclic) bond motifs is 2. The van der Waals surface area contributed by atoms with Crippen LogP contribution in [0.3, 0.4) is 0 Å². The maximum atomic E-state index is 12.9. The van der Waals surface area contributed by atoms with E-state index in [2.05, 4.69) is 91.1 Å². The molecule has 2 aromatic carbocycles. The van der Waals surface area contributed by atoms with Gasteiger partial charge in [0.05, 0.1) is 25.7 Å². The second kappa shape index (κ2) is 21.0. The summed E-state index contributed by atoms with van der Waals surface area (Å²) in [5.41, 5.74) is 14.1. The Morgan fingerprint density at radius 1 is 0.833 bits per heavy atom. The van der Waals surface area contributed by atoms with E-state index in [1.165, 1.54) is 22.3 Å². The lowest BCUT2D eigenvalue weighted by Gasteiger charge is -2.27. The van der Waals surface area contributed by atoms with E-state index in [1.54, 1.807) is 11.8 Å². The molecule has 5 rings (SSSR count). The van der Waals surface area contributed by atoms with Gasteiger partial charge in [-0.15, -0.1) is 11.8 Å². The van der Waals surface area contributed by atoms with Crippen molar-refractivity contribution in [1.29, 1.82) is 0 Å². The molecule has 0 saturated heterocycles. The van der Waals surface area contributed by atoms with Crippen LogP contribution in [0.25, 0.3) is 0 Å². The predicted octanol–water partition coefficient (Wildman–Crippen LogP) is 7.68. The van der Waals surface area contributed by atoms with E-state index in [4.69, 9.17) is 5.73 Å². The summed E-state index contributed by atoms with van der Waals surface area (Å²) in [5, 5.41) is 3.07. The molecule has 60 heavy (non-hydrogen) atoms. The summed E-state index contributed by atoms with van der Waals surface area (Å²) < 4.78 is 70.5. The average Bonchev–Trinajstić information content (AvgIpc) is 3.54. The number of hydrogen-bond donors (Lipinski definition) is 2. The van der Waals surface area contributed by atoms with Crippen LogP contribution < -0.4 is 16.0 Å². The van der Waals surface area contributed by atoms with Gasteiger partial charge in [0.1, 0.15) is 6.54 Å². The zero-order valence-corrected chi connectivity index (χ0v) is 38.2. The van der Waals surface area contributed by atoms with Gasteiger partial charge in [-0.05, 0) is 101 Å². The minimum atomic E-state index is -4.29. The molecule has 0 spiro atoms. The molecular formula is C46H63N4O7S3-. The molecule has 328 valence electrons. The monoisotopic (exact) mass is 879 g/mol. The summed E-state index contributed by atoms with van der Waals surface area (Å²) >= 11 is 1.71. The quantitative estimate of drug-likeness (QED) is 0.0678. The molecule has 1 amide bonds. The molecule has 0 fully saturated rings. The van der Waals surface area contributed by atoms with Gasteiger partial charge in [0, 0.05) is 82.6 Å². The Morgan fingerprint density at radius 3 is 2.23 bits per heavy atom. The molecule has 0 aromatic heterocycles. The molecule has 0 saturated carbocycles. The second-order valence-electron chi connectivity index (χ2n) is 17.0. The molecule has 0 atom stereocenters. The van der Waals surface area contributed by atoms with E-state index >= 15 is 0 Å². The summed E-state index contributed by atoms with van der Waals surface area (Å²) in [5.74, 6) is -0.115. The maximum absolute atomic E-state index is 12.9. The Morgan fingerprint density at radius 2 is 1.52 bits per heavy atom. The first-order valence-electron chi connectivity index (χ1n) is 21.3. The first-order valence-corrected chi connectivity index (χ1v) is 25.5. The van der Waals surface area contributed by atoms with Crippen LogP contribution in [-0.2, 0) is 35.9 Å². The molecule has 1 aliphatic carbocycles. The fraction of sp³-hybridized carbons (Fsp3) is 0.522. The highest BCUT2D eigenvalue weighted by molar-refractivity contribution is 8.03. The highest BCUT2D eigenvalue weighted by Gasteiger charge is 2.44. The SMILES string of the molecule is CC1(C)C(/C=C/C2=C(SCCC(=O)NCCCCCN)C(=C/C=C3/N(CCCCS(=O)(=O)[O-])c4ccccc4C3(C)C)/CCC2)=[N+](CCCCS(=O)(=O)[O-])c2ccccc21. The normalized spacial score (nSPS) is 18.9. The Labute approximate surface area is 362 Å². The molecule has 2 aliphatic heterocycles. The Hall–Kier alpha value is -3.53. The summed E-state index contributed by atoms with van der Waals surface area (Å²) in [6, 6.07) is 16.6. The van der Waals surface area contributed by atoms with Crippen LogP contribution in [0.2, 0.25) is 0 Å². The summed E-state index contributed by atoms with van der Waals surface area (Å²) in [6.45, 7) is 11.3.